The number of rotatable bonds is 5. The van der Waals surface area contributed by atoms with Crippen LogP contribution < -0.4 is 10.1 Å². The number of benzene rings is 1. The summed E-state index contributed by atoms with van der Waals surface area (Å²) in [6.07, 6.45) is 1.83. The lowest BCUT2D eigenvalue weighted by molar-refractivity contribution is 0.0322. The molecule has 0 radical (unpaired) electrons. The lowest BCUT2D eigenvalue weighted by atomic mass is 10.1. The summed E-state index contributed by atoms with van der Waals surface area (Å²) in [4.78, 5) is 6.82. The fraction of sp³-hybridized carbons (Fsp3) is 0.273. The Morgan fingerprint density at radius 2 is 2.03 bits per heavy atom. The van der Waals surface area contributed by atoms with Gasteiger partial charge in [0.15, 0.2) is 5.76 Å². The van der Waals surface area contributed by atoms with E-state index in [1.165, 1.54) is 0 Å². The fourth-order valence-corrected chi connectivity index (χ4v) is 4.31. The van der Waals surface area contributed by atoms with Gasteiger partial charge in [-0.3, -0.25) is 9.88 Å². The summed E-state index contributed by atoms with van der Waals surface area (Å²) < 4.78 is 18.5. The van der Waals surface area contributed by atoms with Crippen molar-refractivity contribution in [1.82, 2.24) is 9.88 Å². The average Bonchev–Trinajstić information content (AvgIpc) is 3.27. The highest BCUT2D eigenvalue weighted by atomic mass is 35.5. The Labute approximate surface area is 188 Å². The van der Waals surface area contributed by atoms with Gasteiger partial charge in [-0.2, -0.15) is 0 Å². The molecule has 31 heavy (non-hydrogen) atoms. The van der Waals surface area contributed by atoms with Crippen LogP contribution in [-0.2, 0) is 4.74 Å². The van der Waals surface area contributed by atoms with Crippen LogP contribution in [0.5, 0.6) is 5.75 Å². The Morgan fingerprint density at radius 1 is 1.16 bits per heavy atom. The van der Waals surface area contributed by atoms with E-state index in [1.54, 1.807) is 17.4 Å². The summed E-state index contributed by atoms with van der Waals surface area (Å²) in [7, 11) is 0. The Hall–Kier alpha value is -2.65. The van der Waals surface area contributed by atoms with E-state index in [0.29, 0.717) is 40.1 Å². The lowest BCUT2D eigenvalue weighted by Crippen LogP contribution is -2.38. The molecule has 0 atom stereocenters. The van der Waals surface area contributed by atoms with Crippen molar-refractivity contribution in [2.45, 2.75) is 0 Å². The van der Waals surface area contributed by atoms with Gasteiger partial charge in [-0.05, 0) is 35.0 Å². The minimum absolute atomic E-state index is 0. The monoisotopic (exact) mass is 459 g/mol. The molecule has 9 heteroatoms. The first-order valence-electron chi connectivity index (χ1n) is 9.83. The van der Waals surface area contributed by atoms with Crippen molar-refractivity contribution in [3.8, 4) is 17.2 Å². The average molecular weight is 460 g/mol. The number of hydrogen-bond donors (Lipinski definition) is 1. The molecule has 162 valence electrons. The summed E-state index contributed by atoms with van der Waals surface area (Å²) in [6, 6.07) is 11.3. The van der Waals surface area contributed by atoms with Gasteiger partial charge in [0, 0.05) is 43.4 Å². The largest absolute Gasteiger partial charge is 0.492 e. The highest BCUT2D eigenvalue weighted by Gasteiger charge is 2.12. The van der Waals surface area contributed by atoms with E-state index in [4.69, 9.17) is 13.9 Å². The number of nitrogens with zero attached hydrogens (tertiary/aromatic N) is 3. The normalized spacial score (nSPS) is 15.3. The molecule has 1 aliphatic rings. The van der Waals surface area contributed by atoms with Crippen molar-refractivity contribution >= 4 is 44.8 Å². The molecule has 4 aromatic rings. The molecule has 0 bridgehead atoms. The number of aromatic nitrogens is 1. The number of pyridine rings is 1. The molecular weight excluding hydrogens is 438 g/mol. The van der Waals surface area contributed by atoms with Gasteiger partial charge in [-0.1, -0.05) is 5.16 Å². The minimum Gasteiger partial charge on any atom is -0.492 e. The van der Waals surface area contributed by atoms with Gasteiger partial charge < -0.3 is 19.1 Å². The zero-order valence-electron chi connectivity index (χ0n) is 16.7. The second-order valence-corrected chi connectivity index (χ2v) is 8.03. The number of fused-ring (bicyclic) bond motifs is 2. The van der Waals surface area contributed by atoms with Gasteiger partial charge >= 0.3 is 0 Å². The second kappa shape index (κ2) is 9.65. The third-order valence-electron chi connectivity index (χ3n) is 5.20. The van der Waals surface area contributed by atoms with Gasteiger partial charge in [-0.25, -0.2) is 0 Å². The second-order valence-electron chi connectivity index (χ2n) is 7.08. The van der Waals surface area contributed by atoms with Gasteiger partial charge in [-0.15, -0.1) is 23.7 Å². The first kappa shape index (κ1) is 21.6. The molecule has 0 aliphatic carbocycles. The zero-order valence-corrected chi connectivity index (χ0v) is 18.3. The summed E-state index contributed by atoms with van der Waals surface area (Å²) in [6.45, 7) is 4.84. The Kier molecular flexibility index (Phi) is 6.72. The maximum absolute atomic E-state index is 9.52. The van der Waals surface area contributed by atoms with Crippen LogP contribution in [0.25, 0.3) is 32.5 Å². The molecule has 7 nitrogen and oxygen atoms in total. The Morgan fingerprint density at radius 3 is 2.87 bits per heavy atom. The van der Waals surface area contributed by atoms with Crippen LogP contribution >= 0.6 is 23.7 Å². The number of hydrogen-bond acceptors (Lipinski definition) is 8. The molecule has 1 aromatic carbocycles. The number of thiophene rings is 1. The predicted octanol–water partition coefficient (Wildman–Crippen LogP) is 4.13. The third kappa shape index (κ3) is 4.67. The Balaban J connectivity index is 0.00000231. The quantitative estimate of drug-likeness (QED) is 0.357. The van der Waals surface area contributed by atoms with E-state index >= 15 is 0 Å². The molecule has 0 saturated carbocycles. The van der Waals surface area contributed by atoms with Crippen LogP contribution in [0.2, 0.25) is 0 Å². The molecule has 1 aliphatic heterocycles. The fourth-order valence-electron chi connectivity index (χ4n) is 3.57. The van der Waals surface area contributed by atoms with Crippen LogP contribution in [0, 0.1) is 0 Å². The summed E-state index contributed by atoms with van der Waals surface area (Å²) in [5.41, 5.74) is 1.27. The SMILES string of the molecule is Cl.ON=c1cc(-c2cc3ccsc3cn2)oc2cc(OCCN3CCOCC3)ccc12. The van der Waals surface area contributed by atoms with Crippen LogP contribution in [0.1, 0.15) is 0 Å². The molecule has 1 fully saturated rings. The summed E-state index contributed by atoms with van der Waals surface area (Å²) in [5.74, 6) is 1.25. The van der Waals surface area contributed by atoms with Crippen molar-refractivity contribution < 1.29 is 19.1 Å². The maximum atomic E-state index is 9.52. The van der Waals surface area contributed by atoms with Gasteiger partial charge in [0.2, 0.25) is 0 Å². The molecule has 5 rings (SSSR count). The van der Waals surface area contributed by atoms with E-state index in [-0.39, 0.29) is 12.4 Å². The van der Waals surface area contributed by atoms with Crippen molar-refractivity contribution in [3.05, 3.63) is 53.3 Å². The molecule has 4 heterocycles. The molecule has 3 aromatic heterocycles. The summed E-state index contributed by atoms with van der Waals surface area (Å²) in [5, 5.41) is 17.2. The standard InChI is InChI=1S/C22H21N3O4S.ClH/c26-24-18-13-21(19-11-15-3-10-30-22(15)14-23-19)29-20-12-16(1-2-17(18)20)28-9-6-25-4-7-27-8-5-25;/h1-3,10-14,26H,4-9H2;1H. The van der Waals surface area contributed by atoms with Crippen LogP contribution in [0.3, 0.4) is 0 Å². The van der Waals surface area contributed by atoms with Crippen molar-refractivity contribution in [1.29, 1.82) is 0 Å². The lowest BCUT2D eigenvalue weighted by Gasteiger charge is -2.26. The molecular formula is C22H22ClN3O4S. The first-order chi connectivity index (χ1) is 14.8. The molecule has 0 unspecified atom stereocenters. The van der Waals surface area contributed by atoms with Crippen molar-refractivity contribution in [2.24, 2.45) is 5.16 Å². The van der Waals surface area contributed by atoms with Gasteiger partial charge in [0.05, 0.1) is 17.9 Å². The summed E-state index contributed by atoms with van der Waals surface area (Å²) >= 11 is 1.64. The van der Waals surface area contributed by atoms with E-state index in [9.17, 15) is 5.21 Å². The topological polar surface area (TPSA) is 80.3 Å². The molecule has 1 N–H and O–H groups in total. The van der Waals surface area contributed by atoms with Gasteiger partial charge in [0.25, 0.3) is 0 Å². The van der Waals surface area contributed by atoms with E-state index in [1.807, 2.05) is 41.9 Å². The van der Waals surface area contributed by atoms with Crippen LogP contribution in [0.15, 0.2) is 57.5 Å². The number of ether oxygens (including phenoxy) is 2. The van der Waals surface area contributed by atoms with Gasteiger partial charge in [0.1, 0.15) is 29.0 Å². The highest BCUT2D eigenvalue weighted by Crippen LogP contribution is 2.27. The van der Waals surface area contributed by atoms with Crippen molar-refractivity contribution in [3.63, 3.8) is 0 Å². The zero-order chi connectivity index (χ0) is 20.3. The first-order valence-corrected chi connectivity index (χ1v) is 10.7. The molecule has 1 saturated heterocycles. The van der Waals surface area contributed by atoms with E-state index < -0.39 is 0 Å². The molecule has 0 spiro atoms. The third-order valence-corrected chi connectivity index (χ3v) is 6.06. The smallest absolute Gasteiger partial charge is 0.155 e. The highest BCUT2D eigenvalue weighted by molar-refractivity contribution is 7.17. The number of halogens is 1. The Bertz CT molecular complexity index is 1250. The maximum Gasteiger partial charge on any atom is 0.155 e. The van der Waals surface area contributed by atoms with E-state index in [2.05, 4.69) is 15.0 Å². The molecule has 0 amide bonds. The minimum atomic E-state index is 0. The predicted molar refractivity (Wildman–Crippen MR) is 122 cm³/mol. The van der Waals surface area contributed by atoms with Crippen molar-refractivity contribution in [2.75, 3.05) is 39.5 Å². The van der Waals surface area contributed by atoms with Crippen LogP contribution in [-0.4, -0.2) is 54.5 Å². The van der Waals surface area contributed by atoms with Crippen LogP contribution in [0.4, 0.5) is 0 Å². The number of morpholine rings is 1. The van der Waals surface area contributed by atoms with E-state index in [0.717, 1.165) is 42.9 Å².